The molecule has 0 unspecified atom stereocenters. The first kappa shape index (κ1) is 15.9. The average molecular weight is 333 g/mol. The fraction of sp³-hybridized carbons (Fsp3) is 0.333. The molecule has 0 radical (unpaired) electrons. The monoisotopic (exact) mass is 333 g/mol. The second-order valence-electron chi connectivity index (χ2n) is 5.45. The molecule has 3 heterocycles. The Morgan fingerprint density at radius 1 is 1.00 bits per heavy atom. The topological polar surface area (TPSA) is 92.4 Å². The molecule has 0 spiro atoms. The summed E-state index contributed by atoms with van der Waals surface area (Å²) in [6, 6.07) is 8.96. The number of pyridine rings is 2. The number of hydrogen-bond acceptors (Lipinski definition) is 6. The lowest BCUT2D eigenvalue weighted by Crippen LogP contribution is -2.46. The van der Waals surface area contributed by atoms with Crippen LogP contribution in [0.4, 0.5) is 5.82 Å². The number of sulfonamides is 1. The molecular formula is C15H19N5O2S. The molecule has 2 aromatic heterocycles. The van der Waals surface area contributed by atoms with Gasteiger partial charge in [0.25, 0.3) is 0 Å². The number of hydrogen-bond donors (Lipinski definition) is 1. The van der Waals surface area contributed by atoms with Crippen molar-refractivity contribution in [1.29, 1.82) is 0 Å². The molecule has 0 atom stereocenters. The van der Waals surface area contributed by atoms with Crippen molar-refractivity contribution in [1.82, 2.24) is 14.9 Å². The molecule has 1 saturated heterocycles. The molecule has 1 aliphatic heterocycles. The van der Waals surface area contributed by atoms with E-state index in [9.17, 15) is 8.42 Å². The SMILES string of the molecule is NS(=O)(=O)c1cccnc1N1CCN(Cc2ccccn2)CC1. The van der Waals surface area contributed by atoms with Crippen LogP contribution in [0.15, 0.2) is 47.6 Å². The van der Waals surface area contributed by atoms with Crippen LogP contribution in [-0.2, 0) is 16.6 Å². The minimum absolute atomic E-state index is 0.0816. The first-order valence-electron chi connectivity index (χ1n) is 7.39. The van der Waals surface area contributed by atoms with Crippen LogP contribution in [0.1, 0.15) is 5.69 Å². The smallest absolute Gasteiger partial charge is 0.241 e. The molecule has 0 saturated carbocycles. The summed E-state index contributed by atoms with van der Waals surface area (Å²) in [6.45, 7) is 3.83. The molecule has 1 aliphatic rings. The summed E-state index contributed by atoms with van der Waals surface area (Å²) >= 11 is 0. The molecule has 23 heavy (non-hydrogen) atoms. The molecule has 2 aromatic rings. The zero-order valence-corrected chi connectivity index (χ0v) is 13.5. The van der Waals surface area contributed by atoms with E-state index >= 15 is 0 Å². The Bertz CT molecular complexity index is 758. The highest BCUT2D eigenvalue weighted by molar-refractivity contribution is 7.89. The number of aromatic nitrogens is 2. The highest BCUT2D eigenvalue weighted by atomic mass is 32.2. The van der Waals surface area contributed by atoms with Crippen molar-refractivity contribution in [3.63, 3.8) is 0 Å². The minimum Gasteiger partial charge on any atom is -0.353 e. The maximum Gasteiger partial charge on any atom is 0.241 e. The summed E-state index contributed by atoms with van der Waals surface area (Å²) in [5.74, 6) is 0.437. The lowest BCUT2D eigenvalue weighted by atomic mass is 10.2. The fourth-order valence-corrected chi connectivity index (χ4v) is 3.38. The van der Waals surface area contributed by atoms with Crippen LogP contribution >= 0.6 is 0 Å². The van der Waals surface area contributed by atoms with E-state index in [1.54, 1.807) is 18.5 Å². The van der Waals surface area contributed by atoms with Crippen LogP contribution in [0.5, 0.6) is 0 Å². The van der Waals surface area contributed by atoms with Gasteiger partial charge in [0.1, 0.15) is 10.7 Å². The number of nitrogens with two attached hydrogens (primary N) is 1. The Morgan fingerprint density at radius 2 is 1.74 bits per heavy atom. The second-order valence-corrected chi connectivity index (χ2v) is 6.98. The van der Waals surface area contributed by atoms with E-state index in [0.717, 1.165) is 25.3 Å². The number of piperazine rings is 1. The Labute approximate surface area is 135 Å². The quantitative estimate of drug-likeness (QED) is 0.873. The van der Waals surface area contributed by atoms with Gasteiger partial charge in [0.15, 0.2) is 0 Å². The van der Waals surface area contributed by atoms with Crippen LogP contribution in [0, 0.1) is 0 Å². The van der Waals surface area contributed by atoms with Crippen molar-refractivity contribution < 1.29 is 8.42 Å². The van der Waals surface area contributed by atoms with Gasteiger partial charge in [0.2, 0.25) is 10.0 Å². The Morgan fingerprint density at radius 3 is 2.39 bits per heavy atom. The van der Waals surface area contributed by atoms with Crippen LogP contribution in [0.2, 0.25) is 0 Å². The first-order valence-corrected chi connectivity index (χ1v) is 8.94. The highest BCUT2D eigenvalue weighted by Crippen LogP contribution is 2.22. The fourth-order valence-electron chi connectivity index (χ4n) is 2.68. The predicted octanol–water partition coefficient (Wildman–Crippen LogP) is 0.446. The molecule has 0 bridgehead atoms. The van der Waals surface area contributed by atoms with E-state index in [1.165, 1.54) is 6.07 Å². The molecule has 2 N–H and O–H groups in total. The van der Waals surface area contributed by atoms with Gasteiger partial charge in [-0.05, 0) is 24.3 Å². The van der Waals surface area contributed by atoms with E-state index in [-0.39, 0.29) is 4.90 Å². The molecule has 122 valence electrons. The zero-order valence-electron chi connectivity index (χ0n) is 12.7. The maximum absolute atomic E-state index is 11.7. The van der Waals surface area contributed by atoms with Crippen molar-refractivity contribution in [3.8, 4) is 0 Å². The van der Waals surface area contributed by atoms with Crippen LogP contribution < -0.4 is 10.0 Å². The van der Waals surface area contributed by atoms with Gasteiger partial charge < -0.3 is 4.90 Å². The number of anilines is 1. The largest absolute Gasteiger partial charge is 0.353 e. The average Bonchev–Trinajstić information content (AvgIpc) is 2.56. The lowest BCUT2D eigenvalue weighted by Gasteiger charge is -2.35. The first-order chi connectivity index (χ1) is 11.0. The van der Waals surface area contributed by atoms with E-state index in [4.69, 9.17) is 5.14 Å². The van der Waals surface area contributed by atoms with E-state index < -0.39 is 10.0 Å². The van der Waals surface area contributed by atoms with Gasteiger partial charge in [0.05, 0.1) is 5.69 Å². The van der Waals surface area contributed by atoms with Crippen molar-refractivity contribution >= 4 is 15.8 Å². The summed E-state index contributed by atoms with van der Waals surface area (Å²) in [5.41, 5.74) is 1.03. The van der Waals surface area contributed by atoms with Gasteiger partial charge in [-0.2, -0.15) is 0 Å². The number of rotatable bonds is 4. The van der Waals surface area contributed by atoms with Crippen LogP contribution in [-0.4, -0.2) is 49.5 Å². The third-order valence-electron chi connectivity index (χ3n) is 3.84. The lowest BCUT2D eigenvalue weighted by molar-refractivity contribution is 0.246. The van der Waals surface area contributed by atoms with E-state index in [2.05, 4.69) is 14.9 Å². The van der Waals surface area contributed by atoms with Gasteiger partial charge in [-0.25, -0.2) is 18.5 Å². The molecule has 0 aliphatic carbocycles. The molecular weight excluding hydrogens is 314 g/mol. The summed E-state index contributed by atoms with van der Waals surface area (Å²) in [7, 11) is -3.77. The van der Waals surface area contributed by atoms with Gasteiger partial charge >= 0.3 is 0 Å². The molecule has 7 nitrogen and oxygen atoms in total. The van der Waals surface area contributed by atoms with Crippen molar-refractivity contribution in [2.24, 2.45) is 5.14 Å². The molecule has 3 rings (SSSR count). The highest BCUT2D eigenvalue weighted by Gasteiger charge is 2.23. The van der Waals surface area contributed by atoms with Gasteiger partial charge in [-0.3, -0.25) is 9.88 Å². The van der Waals surface area contributed by atoms with Gasteiger partial charge in [-0.1, -0.05) is 6.07 Å². The zero-order chi connectivity index (χ0) is 16.3. The summed E-state index contributed by atoms with van der Waals surface area (Å²) in [4.78, 5) is 12.9. The number of nitrogens with zero attached hydrogens (tertiary/aromatic N) is 4. The maximum atomic E-state index is 11.7. The summed E-state index contributed by atoms with van der Waals surface area (Å²) in [5, 5.41) is 5.28. The third-order valence-corrected chi connectivity index (χ3v) is 4.77. The van der Waals surface area contributed by atoms with E-state index in [0.29, 0.717) is 18.9 Å². The second kappa shape index (κ2) is 6.61. The van der Waals surface area contributed by atoms with Crippen LogP contribution in [0.25, 0.3) is 0 Å². The predicted molar refractivity (Wildman–Crippen MR) is 87.3 cm³/mol. The van der Waals surface area contributed by atoms with Crippen molar-refractivity contribution in [3.05, 3.63) is 48.4 Å². The molecule has 8 heteroatoms. The summed E-state index contributed by atoms with van der Waals surface area (Å²) in [6.07, 6.45) is 3.38. The Balaban J connectivity index is 1.68. The molecule has 1 fully saturated rings. The van der Waals surface area contributed by atoms with Crippen molar-refractivity contribution in [2.75, 3.05) is 31.1 Å². The van der Waals surface area contributed by atoms with Crippen LogP contribution in [0.3, 0.4) is 0 Å². The minimum atomic E-state index is -3.77. The third kappa shape index (κ3) is 3.84. The normalized spacial score (nSPS) is 16.5. The number of primary sulfonamides is 1. The van der Waals surface area contributed by atoms with Gasteiger partial charge in [0, 0.05) is 45.1 Å². The molecule has 0 amide bonds. The standard InChI is InChI=1S/C15H19N5O2S/c16-23(21,22)14-5-3-7-18-15(14)20-10-8-19(9-11-20)12-13-4-1-2-6-17-13/h1-7H,8-12H2,(H2,16,21,22). The van der Waals surface area contributed by atoms with E-state index in [1.807, 2.05) is 23.1 Å². The van der Waals surface area contributed by atoms with Crippen molar-refractivity contribution in [2.45, 2.75) is 11.4 Å². The summed E-state index contributed by atoms with van der Waals surface area (Å²) < 4.78 is 23.4. The molecule has 0 aromatic carbocycles. The Hall–Kier alpha value is -2.03. The Kier molecular flexibility index (Phi) is 4.56. The van der Waals surface area contributed by atoms with Gasteiger partial charge in [-0.15, -0.1) is 0 Å².